The summed E-state index contributed by atoms with van der Waals surface area (Å²) in [6.45, 7) is 5.66. The zero-order valence-electron chi connectivity index (χ0n) is 13.3. The number of aryl methyl sites for hydroxylation is 1. The van der Waals surface area contributed by atoms with Crippen molar-refractivity contribution in [2.75, 3.05) is 13.2 Å². The molecule has 0 unspecified atom stereocenters. The van der Waals surface area contributed by atoms with Gasteiger partial charge in [-0.2, -0.15) is 0 Å². The Hall–Kier alpha value is -2.76. The molecule has 1 heterocycles. The van der Waals surface area contributed by atoms with Gasteiger partial charge in [0.2, 0.25) is 0 Å². The van der Waals surface area contributed by atoms with Crippen LogP contribution in [0.5, 0.6) is 11.5 Å². The van der Waals surface area contributed by atoms with Gasteiger partial charge in [0.15, 0.2) is 5.56 Å². The lowest BCUT2D eigenvalue weighted by molar-refractivity contribution is 0.0519. The first kappa shape index (κ1) is 16.6. The van der Waals surface area contributed by atoms with E-state index in [4.69, 9.17) is 9.47 Å². The highest BCUT2D eigenvalue weighted by molar-refractivity contribution is 5.92. The van der Waals surface area contributed by atoms with E-state index in [0.29, 0.717) is 17.9 Å². The van der Waals surface area contributed by atoms with E-state index in [1.807, 2.05) is 0 Å². The first-order chi connectivity index (χ1) is 11.0. The zero-order chi connectivity index (χ0) is 17.0. The van der Waals surface area contributed by atoms with Crippen molar-refractivity contribution in [3.8, 4) is 17.2 Å². The number of phenols is 1. The summed E-state index contributed by atoms with van der Waals surface area (Å²) in [5, 5.41) is 9.82. The second-order valence-electron chi connectivity index (χ2n) is 4.85. The second kappa shape index (κ2) is 7.00. The van der Waals surface area contributed by atoms with Crippen molar-refractivity contribution >= 4 is 5.97 Å². The van der Waals surface area contributed by atoms with Crippen LogP contribution in [0.25, 0.3) is 5.69 Å². The summed E-state index contributed by atoms with van der Waals surface area (Å²) in [5.41, 5.74) is 0.430. The molecular formula is C17H19NO5. The zero-order valence-corrected chi connectivity index (χ0v) is 13.3. The summed E-state index contributed by atoms with van der Waals surface area (Å²) >= 11 is 0. The van der Waals surface area contributed by atoms with Crippen molar-refractivity contribution in [2.45, 2.75) is 20.8 Å². The maximum absolute atomic E-state index is 12.7. The van der Waals surface area contributed by atoms with E-state index in [0.717, 1.165) is 0 Å². The third-order valence-corrected chi connectivity index (χ3v) is 3.30. The van der Waals surface area contributed by atoms with Crippen LogP contribution in [0, 0.1) is 6.92 Å². The van der Waals surface area contributed by atoms with Gasteiger partial charge in [-0.1, -0.05) is 6.07 Å². The minimum Gasteiger partial charge on any atom is -0.508 e. The number of nitrogens with zero attached hydrogens (tertiary/aromatic N) is 1. The fourth-order valence-corrected chi connectivity index (χ4v) is 2.14. The van der Waals surface area contributed by atoms with Crippen LogP contribution in [0.2, 0.25) is 0 Å². The highest BCUT2D eigenvalue weighted by atomic mass is 16.5. The molecule has 1 aromatic heterocycles. The molecule has 0 spiro atoms. The van der Waals surface area contributed by atoms with Crippen LogP contribution in [0.1, 0.15) is 29.8 Å². The van der Waals surface area contributed by atoms with Gasteiger partial charge in [0.1, 0.15) is 11.5 Å². The molecule has 1 aromatic carbocycles. The molecule has 0 fully saturated rings. The monoisotopic (exact) mass is 317 g/mol. The summed E-state index contributed by atoms with van der Waals surface area (Å²) in [4.78, 5) is 24.8. The van der Waals surface area contributed by atoms with E-state index in [9.17, 15) is 14.7 Å². The lowest BCUT2D eigenvalue weighted by atomic mass is 10.2. The van der Waals surface area contributed by atoms with Gasteiger partial charge in [0, 0.05) is 12.3 Å². The smallest absolute Gasteiger partial charge is 0.347 e. The van der Waals surface area contributed by atoms with E-state index in [1.54, 1.807) is 32.9 Å². The Bertz CT molecular complexity index is 779. The predicted octanol–water partition coefficient (Wildman–Crippen LogP) is 2.43. The summed E-state index contributed by atoms with van der Waals surface area (Å²) < 4.78 is 11.6. The molecule has 2 rings (SSSR count). The van der Waals surface area contributed by atoms with Gasteiger partial charge in [-0.3, -0.25) is 9.36 Å². The number of aromatic nitrogens is 1. The molecule has 0 aliphatic heterocycles. The van der Waals surface area contributed by atoms with Gasteiger partial charge in [-0.25, -0.2) is 4.79 Å². The van der Waals surface area contributed by atoms with Crippen LogP contribution in [-0.2, 0) is 4.74 Å². The van der Waals surface area contributed by atoms with Gasteiger partial charge in [0.25, 0.3) is 5.56 Å². The quantitative estimate of drug-likeness (QED) is 0.857. The molecule has 0 amide bonds. The molecule has 1 N–H and O–H groups in total. The average Bonchev–Trinajstić information content (AvgIpc) is 2.51. The number of aromatic hydroxyl groups is 1. The number of rotatable bonds is 5. The van der Waals surface area contributed by atoms with Gasteiger partial charge < -0.3 is 14.6 Å². The lowest BCUT2D eigenvalue weighted by Gasteiger charge is -2.13. The second-order valence-corrected chi connectivity index (χ2v) is 4.85. The van der Waals surface area contributed by atoms with Crippen molar-refractivity contribution in [3.63, 3.8) is 0 Å². The number of phenolic OH excluding ortho intramolecular Hbond substituents is 1. The van der Waals surface area contributed by atoms with Crippen LogP contribution in [-0.4, -0.2) is 28.9 Å². The minimum absolute atomic E-state index is 0.0703. The molecule has 6 nitrogen and oxygen atoms in total. The molecule has 0 radical (unpaired) electrons. The van der Waals surface area contributed by atoms with Crippen molar-refractivity contribution < 1.29 is 19.4 Å². The standard InChI is InChI=1S/C17H19NO5/c1-4-22-14-8-9-18(12-7-6-11(3)13(19)10-12)16(20)15(14)17(21)23-5-2/h6-10,19H,4-5H2,1-3H3. The van der Waals surface area contributed by atoms with Crippen LogP contribution in [0.4, 0.5) is 0 Å². The van der Waals surface area contributed by atoms with Gasteiger partial charge >= 0.3 is 5.97 Å². The highest BCUT2D eigenvalue weighted by Crippen LogP contribution is 2.21. The van der Waals surface area contributed by atoms with E-state index >= 15 is 0 Å². The first-order valence-corrected chi connectivity index (χ1v) is 7.35. The van der Waals surface area contributed by atoms with Crippen molar-refractivity contribution in [2.24, 2.45) is 0 Å². The summed E-state index contributed by atoms with van der Waals surface area (Å²) in [6, 6.07) is 6.38. The summed E-state index contributed by atoms with van der Waals surface area (Å²) in [7, 11) is 0. The van der Waals surface area contributed by atoms with E-state index in [2.05, 4.69) is 0 Å². The Balaban J connectivity index is 2.62. The topological polar surface area (TPSA) is 77.8 Å². The number of ether oxygens (including phenoxy) is 2. The maximum atomic E-state index is 12.7. The molecule has 0 bridgehead atoms. The fourth-order valence-electron chi connectivity index (χ4n) is 2.14. The van der Waals surface area contributed by atoms with Crippen molar-refractivity contribution in [1.29, 1.82) is 0 Å². The molecular weight excluding hydrogens is 298 g/mol. The number of carbonyl (C=O) groups excluding carboxylic acids is 1. The number of pyridine rings is 1. The third-order valence-electron chi connectivity index (χ3n) is 3.30. The van der Waals surface area contributed by atoms with Crippen LogP contribution in [0.3, 0.4) is 0 Å². The van der Waals surface area contributed by atoms with Crippen LogP contribution in [0.15, 0.2) is 35.3 Å². The van der Waals surface area contributed by atoms with Crippen LogP contribution >= 0.6 is 0 Å². The van der Waals surface area contributed by atoms with Gasteiger partial charge in [-0.15, -0.1) is 0 Å². The molecule has 0 saturated carbocycles. The Labute approximate surface area is 133 Å². The summed E-state index contributed by atoms with van der Waals surface area (Å²) in [6.07, 6.45) is 1.50. The number of benzene rings is 1. The molecule has 23 heavy (non-hydrogen) atoms. The van der Waals surface area contributed by atoms with E-state index < -0.39 is 11.5 Å². The van der Waals surface area contributed by atoms with Crippen LogP contribution < -0.4 is 10.3 Å². The van der Waals surface area contributed by atoms with E-state index in [-0.39, 0.29) is 23.7 Å². The van der Waals surface area contributed by atoms with Gasteiger partial charge in [-0.05, 0) is 38.5 Å². The Morgan fingerprint density at radius 1 is 1.22 bits per heavy atom. The third kappa shape index (κ3) is 3.36. The number of hydrogen-bond donors (Lipinski definition) is 1. The molecule has 0 aliphatic carbocycles. The number of esters is 1. The normalized spacial score (nSPS) is 10.4. The largest absolute Gasteiger partial charge is 0.508 e. The minimum atomic E-state index is -0.730. The summed E-state index contributed by atoms with van der Waals surface area (Å²) in [5.74, 6) is -0.476. The maximum Gasteiger partial charge on any atom is 0.347 e. The Morgan fingerprint density at radius 3 is 2.57 bits per heavy atom. The van der Waals surface area contributed by atoms with Crippen molar-refractivity contribution in [1.82, 2.24) is 4.57 Å². The fraction of sp³-hybridized carbons (Fsp3) is 0.294. The Morgan fingerprint density at radius 2 is 1.96 bits per heavy atom. The van der Waals surface area contributed by atoms with E-state index in [1.165, 1.54) is 22.9 Å². The molecule has 0 saturated heterocycles. The number of hydrogen-bond acceptors (Lipinski definition) is 5. The molecule has 122 valence electrons. The molecule has 0 aliphatic rings. The molecule has 6 heteroatoms. The predicted molar refractivity (Wildman–Crippen MR) is 85.6 cm³/mol. The highest BCUT2D eigenvalue weighted by Gasteiger charge is 2.21. The van der Waals surface area contributed by atoms with Gasteiger partial charge in [0.05, 0.1) is 18.9 Å². The number of carbonyl (C=O) groups is 1. The van der Waals surface area contributed by atoms with Crippen molar-refractivity contribution in [3.05, 3.63) is 51.9 Å². The Kier molecular flexibility index (Phi) is 5.05. The molecule has 0 atom stereocenters. The SMILES string of the molecule is CCOC(=O)c1c(OCC)ccn(-c2ccc(C)c(O)c2)c1=O. The molecule has 2 aromatic rings. The lowest BCUT2D eigenvalue weighted by Crippen LogP contribution is -2.27. The average molecular weight is 317 g/mol. The first-order valence-electron chi connectivity index (χ1n) is 7.35.